The van der Waals surface area contributed by atoms with Crippen LogP contribution in [0.3, 0.4) is 0 Å². The molecule has 2 heterocycles. The quantitative estimate of drug-likeness (QED) is 0.823. The lowest BCUT2D eigenvalue weighted by Gasteiger charge is -2.06. The number of methoxy groups -OCH3 is 1. The van der Waals surface area contributed by atoms with Crippen molar-refractivity contribution in [1.29, 1.82) is 0 Å². The molecule has 0 aliphatic heterocycles. The zero-order valence-corrected chi connectivity index (χ0v) is 8.50. The normalized spacial score (nSPS) is 11.8. The number of alkyl halides is 3. The molecule has 0 fully saturated rings. The van der Waals surface area contributed by atoms with Crippen molar-refractivity contribution < 1.29 is 17.9 Å². The highest BCUT2D eigenvalue weighted by atomic mass is 19.4. The van der Waals surface area contributed by atoms with Gasteiger partial charge in [-0.15, -0.1) is 0 Å². The minimum absolute atomic E-state index is 0.0382. The lowest BCUT2D eigenvalue weighted by Crippen LogP contribution is -2.23. The molecule has 17 heavy (non-hydrogen) atoms. The molecule has 8 heteroatoms. The molecule has 0 aliphatic rings. The lowest BCUT2D eigenvalue weighted by molar-refractivity contribution is -0.142. The number of hydrogen-bond donors (Lipinski definition) is 1. The third-order valence-corrected chi connectivity index (χ3v) is 2.03. The van der Waals surface area contributed by atoms with Crippen LogP contribution in [-0.2, 0) is 6.18 Å². The molecular weight excluding hydrogens is 239 g/mol. The predicted molar refractivity (Wildman–Crippen MR) is 51.7 cm³/mol. The second-order valence-electron chi connectivity index (χ2n) is 3.16. The number of aromatic amines is 1. The average molecular weight is 245 g/mol. The van der Waals surface area contributed by atoms with Gasteiger partial charge in [-0.3, -0.25) is 4.79 Å². The van der Waals surface area contributed by atoms with Gasteiger partial charge in [0.05, 0.1) is 24.3 Å². The van der Waals surface area contributed by atoms with Gasteiger partial charge in [-0.1, -0.05) is 0 Å². The Bertz CT molecular complexity index is 621. The highest BCUT2D eigenvalue weighted by Gasteiger charge is 2.36. The van der Waals surface area contributed by atoms with E-state index in [0.29, 0.717) is 0 Å². The maximum Gasteiger partial charge on any atom is 0.438 e. The molecule has 2 rings (SSSR count). The molecule has 0 atom stereocenters. The fourth-order valence-corrected chi connectivity index (χ4v) is 1.27. The molecule has 0 aromatic carbocycles. The number of aromatic nitrogens is 3. The van der Waals surface area contributed by atoms with E-state index in [4.69, 9.17) is 4.74 Å². The summed E-state index contributed by atoms with van der Waals surface area (Å²) in [6.45, 7) is 0. The van der Waals surface area contributed by atoms with Crippen LogP contribution in [0.1, 0.15) is 5.69 Å². The predicted octanol–water partition coefficient (Wildman–Crippen LogP) is 1.35. The summed E-state index contributed by atoms with van der Waals surface area (Å²) in [4.78, 5) is 20.2. The zero-order chi connectivity index (χ0) is 12.6. The van der Waals surface area contributed by atoms with Gasteiger partial charge in [0.1, 0.15) is 0 Å². The maximum atomic E-state index is 12.4. The number of fused-ring (bicyclic) bond motifs is 1. The number of nitrogens with one attached hydrogen (secondary N) is 1. The van der Waals surface area contributed by atoms with Crippen LogP contribution >= 0.6 is 0 Å². The number of H-pyrrole nitrogens is 1. The minimum Gasteiger partial charge on any atom is -0.481 e. The first-order chi connectivity index (χ1) is 7.91. The standard InChI is InChI=1S/C9H6F3N3O2/c1-17-6-2-4-5(3-13-6)15-8(16)7(14-4)9(10,11)12/h2-3H,1H3,(H,15,16). The molecule has 0 spiro atoms. The smallest absolute Gasteiger partial charge is 0.438 e. The third-order valence-electron chi connectivity index (χ3n) is 2.03. The van der Waals surface area contributed by atoms with Crippen LogP contribution in [-0.4, -0.2) is 22.1 Å². The summed E-state index contributed by atoms with van der Waals surface area (Å²) in [5, 5.41) is 0. The van der Waals surface area contributed by atoms with Crippen molar-refractivity contribution in [1.82, 2.24) is 15.0 Å². The van der Waals surface area contributed by atoms with Gasteiger partial charge in [0.15, 0.2) is 0 Å². The van der Waals surface area contributed by atoms with E-state index in [0.717, 1.165) is 0 Å². The van der Waals surface area contributed by atoms with Gasteiger partial charge in [-0.05, 0) is 0 Å². The van der Waals surface area contributed by atoms with Crippen molar-refractivity contribution in [2.24, 2.45) is 0 Å². The monoisotopic (exact) mass is 245 g/mol. The summed E-state index contributed by atoms with van der Waals surface area (Å²) in [6.07, 6.45) is -3.61. The summed E-state index contributed by atoms with van der Waals surface area (Å²) in [6, 6.07) is 1.21. The minimum atomic E-state index is -4.79. The second kappa shape index (κ2) is 3.72. The number of rotatable bonds is 1. The molecule has 1 N–H and O–H groups in total. The van der Waals surface area contributed by atoms with Crippen molar-refractivity contribution in [3.8, 4) is 5.88 Å². The van der Waals surface area contributed by atoms with Crippen molar-refractivity contribution in [2.45, 2.75) is 6.18 Å². The summed E-state index contributed by atoms with van der Waals surface area (Å²) in [5.41, 5.74) is -2.71. The summed E-state index contributed by atoms with van der Waals surface area (Å²) < 4.78 is 42.0. The largest absolute Gasteiger partial charge is 0.481 e. The van der Waals surface area contributed by atoms with Gasteiger partial charge in [0.2, 0.25) is 11.6 Å². The van der Waals surface area contributed by atoms with Crippen LogP contribution in [0.15, 0.2) is 17.1 Å². The van der Waals surface area contributed by atoms with E-state index < -0.39 is 17.4 Å². The Morgan fingerprint density at radius 3 is 2.71 bits per heavy atom. The van der Waals surface area contributed by atoms with E-state index >= 15 is 0 Å². The highest BCUT2D eigenvalue weighted by Crippen LogP contribution is 2.25. The van der Waals surface area contributed by atoms with Crippen molar-refractivity contribution in [2.75, 3.05) is 7.11 Å². The van der Waals surface area contributed by atoms with E-state index in [1.165, 1.54) is 19.4 Å². The van der Waals surface area contributed by atoms with Crippen LogP contribution in [0.25, 0.3) is 11.0 Å². The molecule has 0 amide bonds. The Morgan fingerprint density at radius 1 is 1.41 bits per heavy atom. The Balaban J connectivity index is 2.73. The van der Waals surface area contributed by atoms with E-state index in [9.17, 15) is 18.0 Å². The van der Waals surface area contributed by atoms with Gasteiger partial charge in [-0.2, -0.15) is 13.2 Å². The fraction of sp³-hybridized carbons (Fsp3) is 0.222. The number of ether oxygens (including phenoxy) is 1. The molecule has 5 nitrogen and oxygen atoms in total. The maximum absolute atomic E-state index is 12.4. The lowest BCUT2D eigenvalue weighted by atomic mass is 10.3. The SMILES string of the molecule is COc1cc2nc(C(F)(F)F)c(=O)[nH]c2cn1. The summed E-state index contributed by atoms with van der Waals surface area (Å²) in [7, 11) is 1.32. The second-order valence-corrected chi connectivity index (χ2v) is 3.16. The molecular formula is C9H6F3N3O2. The Labute approximate surface area is 92.3 Å². The molecule has 90 valence electrons. The Hall–Kier alpha value is -2.12. The van der Waals surface area contributed by atoms with Gasteiger partial charge in [-0.25, -0.2) is 9.97 Å². The first-order valence-corrected chi connectivity index (χ1v) is 4.43. The Morgan fingerprint density at radius 2 is 2.12 bits per heavy atom. The van der Waals surface area contributed by atoms with Gasteiger partial charge >= 0.3 is 6.18 Å². The van der Waals surface area contributed by atoms with Crippen molar-refractivity contribution in [3.05, 3.63) is 28.3 Å². The molecule has 2 aromatic rings. The molecule has 0 unspecified atom stereocenters. The number of pyridine rings is 1. The zero-order valence-electron chi connectivity index (χ0n) is 8.50. The van der Waals surface area contributed by atoms with Gasteiger partial charge < -0.3 is 9.72 Å². The topological polar surface area (TPSA) is 67.9 Å². The van der Waals surface area contributed by atoms with E-state index in [1.807, 2.05) is 0 Å². The number of nitrogens with zero attached hydrogens (tertiary/aromatic N) is 2. The first kappa shape index (κ1) is 11.4. The first-order valence-electron chi connectivity index (χ1n) is 4.43. The van der Waals surface area contributed by atoms with Crippen molar-refractivity contribution >= 4 is 11.0 Å². The fourth-order valence-electron chi connectivity index (χ4n) is 1.27. The average Bonchev–Trinajstić information content (AvgIpc) is 2.26. The van der Waals surface area contributed by atoms with Crippen LogP contribution in [0.5, 0.6) is 5.88 Å². The van der Waals surface area contributed by atoms with E-state index in [2.05, 4.69) is 15.0 Å². The van der Waals surface area contributed by atoms with Crippen LogP contribution in [0.4, 0.5) is 13.2 Å². The molecule has 0 bridgehead atoms. The van der Waals surface area contributed by atoms with E-state index in [-0.39, 0.29) is 16.9 Å². The van der Waals surface area contributed by atoms with Crippen molar-refractivity contribution in [3.63, 3.8) is 0 Å². The van der Waals surface area contributed by atoms with E-state index in [1.54, 1.807) is 0 Å². The Kier molecular flexibility index (Phi) is 2.49. The summed E-state index contributed by atoms with van der Waals surface area (Å²) >= 11 is 0. The van der Waals surface area contributed by atoms with Crippen LogP contribution < -0.4 is 10.3 Å². The molecule has 0 saturated carbocycles. The number of hydrogen-bond acceptors (Lipinski definition) is 4. The molecule has 0 saturated heterocycles. The van der Waals surface area contributed by atoms with Gasteiger partial charge in [0, 0.05) is 6.07 Å². The summed E-state index contributed by atoms with van der Waals surface area (Å²) in [5.74, 6) is 0.116. The molecule has 2 aromatic heterocycles. The third kappa shape index (κ3) is 2.05. The van der Waals surface area contributed by atoms with Crippen LogP contribution in [0, 0.1) is 0 Å². The highest BCUT2D eigenvalue weighted by molar-refractivity contribution is 5.73. The molecule has 0 aliphatic carbocycles. The molecule has 0 radical (unpaired) electrons. The van der Waals surface area contributed by atoms with Crippen LogP contribution in [0.2, 0.25) is 0 Å². The van der Waals surface area contributed by atoms with Gasteiger partial charge in [0.25, 0.3) is 5.56 Å². The number of halogens is 3.